The van der Waals surface area contributed by atoms with Gasteiger partial charge in [0.1, 0.15) is 12.1 Å². The van der Waals surface area contributed by atoms with Gasteiger partial charge in [0, 0.05) is 34.4 Å². The molecule has 4 rings (SSSR count). The van der Waals surface area contributed by atoms with Gasteiger partial charge in [0.25, 0.3) is 0 Å². The van der Waals surface area contributed by atoms with E-state index in [1.807, 2.05) is 80.8 Å². The Morgan fingerprint density at radius 2 is 2.03 bits per heavy atom. The van der Waals surface area contributed by atoms with Gasteiger partial charge in [-0.25, -0.2) is 14.6 Å². The number of aryl methyl sites for hydroxylation is 1. The molecule has 0 radical (unpaired) electrons. The maximum Gasteiger partial charge on any atom is 0.233 e. The molecule has 0 saturated heterocycles. The van der Waals surface area contributed by atoms with Crippen LogP contribution in [-0.4, -0.2) is 42.7 Å². The summed E-state index contributed by atoms with van der Waals surface area (Å²) in [4.78, 5) is 13.4. The molecule has 3 heterocycles. The Hall–Kier alpha value is -4.24. The molecule has 4 aromatic rings. The molecular formula is C27H31N7O2. The summed E-state index contributed by atoms with van der Waals surface area (Å²) >= 11 is 0. The molecule has 0 spiro atoms. The molecule has 9 nitrogen and oxygen atoms in total. The number of pyridine rings is 1. The van der Waals surface area contributed by atoms with Crippen LogP contribution in [-0.2, 0) is 0 Å². The molecule has 36 heavy (non-hydrogen) atoms. The molecule has 2 N–H and O–H groups in total. The van der Waals surface area contributed by atoms with Gasteiger partial charge in [-0.05, 0) is 83.8 Å². The number of imidazole rings is 1. The SMILES string of the molecule is C=N/C(C)=C\C=C(/C)Nc1ccc2c(c1)ncn2-c1ccc(C(C)O)c(-n2nc(OCC)cc2C)n1. The minimum atomic E-state index is -0.717. The lowest BCUT2D eigenvalue weighted by molar-refractivity contribution is 0.198. The van der Waals surface area contributed by atoms with Crippen molar-refractivity contribution in [1.82, 2.24) is 24.3 Å². The second kappa shape index (κ2) is 10.6. The number of hydrogen-bond donors (Lipinski definition) is 2. The van der Waals surface area contributed by atoms with Crippen molar-refractivity contribution in [2.45, 2.75) is 40.7 Å². The summed E-state index contributed by atoms with van der Waals surface area (Å²) in [7, 11) is 0. The highest BCUT2D eigenvalue weighted by Gasteiger charge is 2.18. The van der Waals surface area contributed by atoms with Gasteiger partial charge >= 0.3 is 0 Å². The fourth-order valence-corrected chi connectivity index (χ4v) is 3.80. The fourth-order valence-electron chi connectivity index (χ4n) is 3.80. The van der Waals surface area contributed by atoms with Gasteiger partial charge in [-0.2, -0.15) is 0 Å². The zero-order valence-electron chi connectivity index (χ0n) is 21.2. The van der Waals surface area contributed by atoms with E-state index in [2.05, 4.69) is 27.1 Å². The van der Waals surface area contributed by atoms with E-state index in [0.29, 0.717) is 29.7 Å². The fraction of sp³-hybridized carbons (Fsp3) is 0.259. The van der Waals surface area contributed by atoms with Crippen molar-refractivity contribution in [3.8, 4) is 17.5 Å². The molecule has 0 aliphatic carbocycles. The van der Waals surface area contributed by atoms with Gasteiger partial charge in [-0.1, -0.05) is 0 Å². The number of nitrogens with zero attached hydrogens (tertiary/aromatic N) is 6. The Morgan fingerprint density at radius 3 is 2.75 bits per heavy atom. The molecule has 0 saturated carbocycles. The summed E-state index contributed by atoms with van der Waals surface area (Å²) in [5.41, 5.74) is 5.99. The van der Waals surface area contributed by atoms with E-state index >= 15 is 0 Å². The predicted octanol–water partition coefficient (Wildman–Crippen LogP) is 5.29. The van der Waals surface area contributed by atoms with Gasteiger partial charge in [-0.15, -0.1) is 5.10 Å². The molecule has 0 fully saturated rings. The molecule has 9 heteroatoms. The summed E-state index contributed by atoms with van der Waals surface area (Å²) in [5, 5.41) is 18.3. The molecule has 1 unspecified atom stereocenters. The van der Waals surface area contributed by atoms with E-state index in [1.165, 1.54) is 0 Å². The predicted molar refractivity (Wildman–Crippen MR) is 143 cm³/mol. The number of aliphatic imine (C=N–C) groups is 1. The Kier molecular flexibility index (Phi) is 7.30. The van der Waals surface area contributed by atoms with E-state index in [9.17, 15) is 5.11 Å². The number of aromatic nitrogens is 5. The number of allylic oxidation sites excluding steroid dienone is 4. The molecular weight excluding hydrogens is 454 g/mol. The number of rotatable bonds is 9. The van der Waals surface area contributed by atoms with E-state index < -0.39 is 6.10 Å². The number of anilines is 1. The van der Waals surface area contributed by atoms with Crippen LogP contribution in [0, 0.1) is 6.92 Å². The number of nitrogens with one attached hydrogen (secondary N) is 1. The average Bonchev–Trinajstić information content (AvgIpc) is 3.45. The second-order valence-electron chi connectivity index (χ2n) is 8.49. The molecule has 0 amide bonds. The second-order valence-corrected chi connectivity index (χ2v) is 8.49. The summed E-state index contributed by atoms with van der Waals surface area (Å²) < 4.78 is 9.18. The third-order valence-corrected chi connectivity index (χ3v) is 5.66. The summed E-state index contributed by atoms with van der Waals surface area (Å²) in [6.45, 7) is 13.5. The topological polar surface area (TPSA) is 102 Å². The van der Waals surface area contributed by atoms with Gasteiger partial charge < -0.3 is 15.2 Å². The van der Waals surface area contributed by atoms with Gasteiger partial charge in [0.2, 0.25) is 5.88 Å². The number of benzene rings is 1. The van der Waals surface area contributed by atoms with Gasteiger partial charge in [0.05, 0.1) is 23.7 Å². The molecule has 0 bridgehead atoms. The molecule has 1 aromatic carbocycles. The highest BCUT2D eigenvalue weighted by atomic mass is 16.5. The normalized spacial score (nSPS) is 13.2. The van der Waals surface area contributed by atoms with Crippen molar-refractivity contribution in [2.75, 3.05) is 11.9 Å². The highest BCUT2D eigenvalue weighted by Crippen LogP contribution is 2.27. The number of fused-ring (bicyclic) bond motifs is 1. The first-order valence-corrected chi connectivity index (χ1v) is 11.8. The maximum absolute atomic E-state index is 10.4. The number of aliphatic hydroxyl groups is 1. The molecule has 3 aromatic heterocycles. The molecule has 1 atom stereocenters. The number of aliphatic hydroxyl groups excluding tert-OH is 1. The lowest BCUT2D eigenvalue weighted by Crippen LogP contribution is -2.11. The molecule has 186 valence electrons. The zero-order valence-corrected chi connectivity index (χ0v) is 21.2. The van der Waals surface area contributed by atoms with Crippen molar-refractivity contribution < 1.29 is 9.84 Å². The van der Waals surface area contributed by atoms with Gasteiger partial charge in [-0.3, -0.25) is 9.56 Å². The minimum Gasteiger partial charge on any atom is -0.477 e. The highest BCUT2D eigenvalue weighted by molar-refractivity contribution is 5.81. The minimum absolute atomic E-state index is 0.516. The first-order chi connectivity index (χ1) is 17.3. The van der Waals surface area contributed by atoms with Crippen LogP contribution in [0.25, 0.3) is 22.7 Å². The van der Waals surface area contributed by atoms with Crippen molar-refractivity contribution in [1.29, 1.82) is 0 Å². The van der Waals surface area contributed by atoms with E-state index in [-0.39, 0.29) is 0 Å². The average molecular weight is 486 g/mol. The molecule has 0 aliphatic rings. The van der Waals surface area contributed by atoms with Crippen LogP contribution in [0.15, 0.2) is 71.3 Å². The first-order valence-electron chi connectivity index (χ1n) is 11.8. The van der Waals surface area contributed by atoms with Crippen LogP contribution in [0.4, 0.5) is 5.69 Å². The summed E-state index contributed by atoms with van der Waals surface area (Å²) in [6.07, 6.45) is 4.89. The Morgan fingerprint density at radius 1 is 1.22 bits per heavy atom. The van der Waals surface area contributed by atoms with Crippen molar-refractivity contribution in [3.63, 3.8) is 0 Å². The smallest absolute Gasteiger partial charge is 0.233 e. The zero-order chi connectivity index (χ0) is 25.8. The quantitative estimate of drug-likeness (QED) is 0.247. The van der Waals surface area contributed by atoms with E-state index in [4.69, 9.17) is 9.72 Å². The van der Waals surface area contributed by atoms with E-state index in [1.54, 1.807) is 17.9 Å². The van der Waals surface area contributed by atoms with Gasteiger partial charge in [0.15, 0.2) is 5.82 Å². The third kappa shape index (κ3) is 5.21. The Balaban J connectivity index is 1.71. The molecule has 0 aliphatic heterocycles. The van der Waals surface area contributed by atoms with Crippen LogP contribution >= 0.6 is 0 Å². The largest absolute Gasteiger partial charge is 0.477 e. The monoisotopic (exact) mass is 485 g/mol. The number of ether oxygens (including phenoxy) is 1. The van der Waals surface area contributed by atoms with Crippen molar-refractivity contribution >= 4 is 23.4 Å². The summed E-state index contributed by atoms with van der Waals surface area (Å²) in [5.74, 6) is 1.73. The van der Waals surface area contributed by atoms with E-state index in [0.717, 1.165) is 33.8 Å². The number of hydrogen-bond acceptors (Lipinski definition) is 7. The first kappa shape index (κ1) is 24.9. The van der Waals surface area contributed by atoms with Crippen LogP contribution < -0.4 is 10.1 Å². The van der Waals surface area contributed by atoms with Crippen molar-refractivity contribution in [3.05, 3.63) is 77.5 Å². The Bertz CT molecular complexity index is 1460. The standard InChI is InChI=1S/C27H31N7O2/c1-7-36-26-14-19(4)34(32-26)27-22(20(5)35)11-13-25(31-27)33-16-29-23-15-21(10-12-24(23)33)30-18(3)9-8-17(2)28-6/h8-16,20,30,35H,6-7H2,1-5H3/b17-8-,18-9+. The van der Waals surface area contributed by atoms with Crippen LogP contribution in [0.1, 0.15) is 45.1 Å². The van der Waals surface area contributed by atoms with Crippen LogP contribution in [0.5, 0.6) is 5.88 Å². The van der Waals surface area contributed by atoms with Crippen LogP contribution in [0.3, 0.4) is 0 Å². The summed E-state index contributed by atoms with van der Waals surface area (Å²) in [6, 6.07) is 11.6. The van der Waals surface area contributed by atoms with Crippen molar-refractivity contribution in [2.24, 2.45) is 4.99 Å². The van der Waals surface area contributed by atoms with Crippen LogP contribution in [0.2, 0.25) is 0 Å². The Labute approximate surface area is 210 Å². The lowest BCUT2D eigenvalue weighted by atomic mass is 10.1. The third-order valence-electron chi connectivity index (χ3n) is 5.66. The lowest BCUT2D eigenvalue weighted by Gasteiger charge is -2.14. The maximum atomic E-state index is 10.4.